The number of nitrogens with zero attached hydrogens (tertiary/aromatic N) is 1. The van der Waals surface area contributed by atoms with Gasteiger partial charge in [-0.1, -0.05) is 6.42 Å². The van der Waals surface area contributed by atoms with Crippen molar-refractivity contribution >= 4 is 16.1 Å². The van der Waals surface area contributed by atoms with Gasteiger partial charge in [0.15, 0.2) is 0 Å². The van der Waals surface area contributed by atoms with Crippen LogP contribution < -0.4 is 10.0 Å². The van der Waals surface area contributed by atoms with E-state index in [0.29, 0.717) is 19.6 Å². The molecule has 17 heavy (non-hydrogen) atoms. The van der Waals surface area contributed by atoms with Crippen molar-refractivity contribution in [3.63, 3.8) is 0 Å². The second kappa shape index (κ2) is 6.32. The SMILES string of the molecule is CCNC(=O)C(C)NS(=O)(=O)N1CCCCC1. The maximum Gasteiger partial charge on any atom is 0.280 e. The van der Waals surface area contributed by atoms with Gasteiger partial charge in [-0.2, -0.15) is 17.4 Å². The molecule has 1 atom stereocenters. The summed E-state index contributed by atoms with van der Waals surface area (Å²) in [4.78, 5) is 11.4. The third-order valence-corrected chi connectivity index (χ3v) is 4.42. The maximum absolute atomic E-state index is 11.9. The number of hydrogen-bond acceptors (Lipinski definition) is 3. The lowest BCUT2D eigenvalue weighted by Crippen LogP contribution is -2.51. The van der Waals surface area contributed by atoms with E-state index in [-0.39, 0.29) is 5.91 Å². The number of nitrogens with one attached hydrogen (secondary N) is 2. The van der Waals surface area contributed by atoms with E-state index in [9.17, 15) is 13.2 Å². The number of amides is 1. The smallest absolute Gasteiger partial charge is 0.280 e. The molecule has 1 heterocycles. The summed E-state index contributed by atoms with van der Waals surface area (Å²) in [7, 11) is -3.52. The topological polar surface area (TPSA) is 78.5 Å². The molecule has 6 nitrogen and oxygen atoms in total. The molecule has 0 aliphatic carbocycles. The Hall–Kier alpha value is -0.660. The van der Waals surface area contributed by atoms with E-state index in [4.69, 9.17) is 0 Å². The highest BCUT2D eigenvalue weighted by atomic mass is 32.2. The minimum absolute atomic E-state index is 0.298. The first-order chi connectivity index (χ1) is 7.97. The van der Waals surface area contributed by atoms with Crippen molar-refractivity contribution in [2.75, 3.05) is 19.6 Å². The standard InChI is InChI=1S/C10H21N3O3S/c1-3-11-10(14)9(2)12-17(15,16)13-7-5-4-6-8-13/h9,12H,3-8H2,1-2H3,(H,11,14). The van der Waals surface area contributed by atoms with Crippen LogP contribution in [-0.2, 0) is 15.0 Å². The lowest BCUT2D eigenvalue weighted by atomic mass is 10.2. The largest absolute Gasteiger partial charge is 0.355 e. The minimum atomic E-state index is -3.52. The first-order valence-corrected chi connectivity index (χ1v) is 7.46. The van der Waals surface area contributed by atoms with Gasteiger partial charge in [0.05, 0.1) is 6.04 Å². The lowest BCUT2D eigenvalue weighted by Gasteiger charge is -2.27. The maximum atomic E-state index is 11.9. The van der Waals surface area contributed by atoms with Crippen LogP contribution in [0.2, 0.25) is 0 Å². The number of carbonyl (C=O) groups is 1. The molecule has 0 aromatic rings. The van der Waals surface area contributed by atoms with Gasteiger partial charge in [0.1, 0.15) is 0 Å². The van der Waals surface area contributed by atoms with Gasteiger partial charge >= 0.3 is 0 Å². The van der Waals surface area contributed by atoms with E-state index in [1.165, 1.54) is 4.31 Å². The first-order valence-electron chi connectivity index (χ1n) is 6.02. The molecule has 1 amide bonds. The van der Waals surface area contributed by atoms with Gasteiger partial charge in [-0.05, 0) is 26.7 Å². The van der Waals surface area contributed by atoms with E-state index in [1.807, 2.05) is 0 Å². The molecule has 100 valence electrons. The van der Waals surface area contributed by atoms with Gasteiger partial charge in [0.2, 0.25) is 5.91 Å². The molecule has 1 saturated heterocycles. The molecule has 0 saturated carbocycles. The minimum Gasteiger partial charge on any atom is -0.355 e. The fourth-order valence-electron chi connectivity index (χ4n) is 1.78. The fourth-order valence-corrected chi connectivity index (χ4v) is 3.23. The van der Waals surface area contributed by atoms with Gasteiger partial charge in [-0.15, -0.1) is 0 Å². The second-order valence-corrected chi connectivity index (χ2v) is 5.90. The molecule has 0 aromatic heterocycles. The Morgan fingerprint density at radius 1 is 1.29 bits per heavy atom. The van der Waals surface area contributed by atoms with E-state index >= 15 is 0 Å². The second-order valence-electron chi connectivity index (χ2n) is 4.20. The third-order valence-electron chi connectivity index (χ3n) is 2.72. The highest BCUT2D eigenvalue weighted by molar-refractivity contribution is 7.87. The zero-order chi connectivity index (χ0) is 12.9. The number of rotatable bonds is 5. The first kappa shape index (κ1) is 14.4. The van der Waals surface area contributed by atoms with Crippen LogP contribution in [0.4, 0.5) is 0 Å². The third kappa shape index (κ3) is 4.25. The van der Waals surface area contributed by atoms with Crippen molar-refractivity contribution in [3.05, 3.63) is 0 Å². The molecule has 1 fully saturated rings. The molecule has 1 rings (SSSR count). The fraction of sp³-hybridized carbons (Fsp3) is 0.900. The van der Waals surface area contributed by atoms with Crippen LogP contribution in [0.15, 0.2) is 0 Å². The molecule has 1 unspecified atom stereocenters. The zero-order valence-electron chi connectivity index (χ0n) is 10.4. The average Bonchev–Trinajstić information content (AvgIpc) is 2.30. The molecule has 7 heteroatoms. The van der Waals surface area contributed by atoms with Crippen LogP contribution in [0.25, 0.3) is 0 Å². The van der Waals surface area contributed by atoms with Crippen LogP contribution in [0.3, 0.4) is 0 Å². The van der Waals surface area contributed by atoms with Crippen LogP contribution >= 0.6 is 0 Å². The van der Waals surface area contributed by atoms with Gasteiger partial charge in [0, 0.05) is 19.6 Å². The lowest BCUT2D eigenvalue weighted by molar-refractivity contribution is -0.122. The van der Waals surface area contributed by atoms with E-state index in [1.54, 1.807) is 13.8 Å². The van der Waals surface area contributed by atoms with Crippen LogP contribution in [0.1, 0.15) is 33.1 Å². The van der Waals surface area contributed by atoms with Crippen molar-refractivity contribution < 1.29 is 13.2 Å². The Morgan fingerprint density at radius 2 is 1.88 bits per heavy atom. The quantitative estimate of drug-likeness (QED) is 0.723. The predicted octanol–water partition coefficient (Wildman–Crippen LogP) is -0.169. The number of likely N-dealkylation sites (N-methyl/N-ethyl adjacent to an activating group) is 1. The Kier molecular flexibility index (Phi) is 5.35. The summed E-state index contributed by atoms with van der Waals surface area (Å²) in [6.45, 7) is 4.92. The van der Waals surface area contributed by atoms with Crippen LogP contribution in [0, 0.1) is 0 Å². The summed E-state index contributed by atoms with van der Waals surface area (Å²) in [5, 5.41) is 2.59. The van der Waals surface area contributed by atoms with Crippen molar-refractivity contribution in [1.29, 1.82) is 0 Å². The molecular formula is C10H21N3O3S. The molecule has 0 spiro atoms. The van der Waals surface area contributed by atoms with Gasteiger partial charge in [0.25, 0.3) is 10.2 Å². The normalized spacial score (nSPS) is 19.9. The Bertz CT molecular complexity index is 350. The number of carbonyl (C=O) groups excluding carboxylic acids is 1. The molecule has 0 bridgehead atoms. The van der Waals surface area contributed by atoms with E-state index < -0.39 is 16.3 Å². The highest BCUT2D eigenvalue weighted by Gasteiger charge is 2.27. The van der Waals surface area contributed by atoms with Crippen molar-refractivity contribution in [2.24, 2.45) is 0 Å². The predicted molar refractivity (Wildman–Crippen MR) is 65.6 cm³/mol. The molecule has 1 aliphatic rings. The van der Waals surface area contributed by atoms with Crippen molar-refractivity contribution in [1.82, 2.24) is 14.3 Å². The summed E-state index contributed by atoms with van der Waals surface area (Å²) in [5.74, 6) is -0.298. The summed E-state index contributed by atoms with van der Waals surface area (Å²) >= 11 is 0. The van der Waals surface area contributed by atoms with Gasteiger partial charge in [-0.25, -0.2) is 0 Å². The highest BCUT2D eigenvalue weighted by Crippen LogP contribution is 2.12. The zero-order valence-corrected chi connectivity index (χ0v) is 11.2. The summed E-state index contributed by atoms with van der Waals surface area (Å²) < 4.78 is 27.7. The Morgan fingerprint density at radius 3 is 2.41 bits per heavy atom. The average molecular weight is 263 g/mol. The molecule has 0 aromatic carbocycles. The Labute approximate surface area is 103 Å². The molecule has 0 radical (unpaired) electrons. The van der Waals surface area contributed by atoms with Gasteiger partial charge < -0.3 is 5.32 Å². The van der Waals surface area contributed by atoms with E-state index in [2.05, 4.69) is 10.0 Å². The van der Waals surface area contributed by atoms with Gasteiger partial charge in [-0.3, -0.25) is 4.79 Å². The molecule has 2 N–H and O–H groups in total. The van der Waals surface area contributed by atoms with Crippen LogP contribution in [0.5, 0.6) is 0 Å². The summed E-state index contributed by atoms with van der Waals surface area (Å²) in [6.07, 6.45) is 2.84. The summed E-state index contributed by atoms with van der Waals surface area (Å²) in [5.41, 5.74) is 0. The Balaban J connectivity index is 2.56. The number of hydrogen-bond donors (Lipinski definition) is 2. The number of piperidine rings is 1. The molecular weight excluding hydrogens is 242 g/mol. The molecule has 1 aliphatic heterocycles. The monoisotopic (exact) mass is 263 g/mol. The van der Waals surface area contributed by atoms with Crippen molar-refractivity contribution in [2.45, 2.75) is 39.2 Å². The van der Waals surface area contributed by atoms with Crippen molar-refractivity contribution in [3.8, 4) is 0 Å². The van der Waals surface area contributed by atoms with E-state index in [0.717, 1.165) is 19.3 Å². The summed E-state index contributed by atoms with van der Waals surface area (Å²) in [6, 6.07) is -0.734. The van der Waals surface area contributed by atoms with Crippen LogP contribution in [-0.4, -0.2) is 44.3 Å².